The van der Waals surface area contributed by atoms with E-state index in [0.717, 1.165) is 18.5 Å². The van der Waals surface area contributed by atoms with E-state index < -0.39 is 0 Å². The average molecular weight is 278 g/mol. The lowest BCUT2D eigenvalue weighted by Crippen LogP contribution is -2.62. The summed E-state index contributed by atoms with van der Waals surface area (Å²) in [4.78, 5) is 10.4. The Bertz CT molecular complexity index is 514. The Hall–Kier alpha value is -1.62. The molecule has 0 radical (unpaired) electrons. The number of ether oxygens (including phenoxy) is 1. The van der Waals surface area contributed by atoms with Crippen LogP contribution in [0, 0.1) is 22.5 Å². The molecule has 110 valence electrons. The lowest BCUT2D eigenvalue weighted by Gasteiger charge is -2.51. The van der Waals surface area contributed by atoms with Crippen LogP contribution in [0.2, 0.25) is 0 Å². The fourth-order valence-corrected chi connectivity index (χ4v) is 2.66. The quantitative estimate of drug-likeness (QED) is 0.664. The van der Waals surface area contributed by atoms with Gasteiger partial charge in [-0.2, -0.15) is 0 Å². The monoisotopic (exact) mass is 278 g/mol. The van der Waals surface area contributed by atoms with E-state index in [2.05, 4.69) is 26.1 Å². The van der Waals surface area contributed by atoms with E-state index in [9.17, 15) is 10.1 Å². The number of nitrogens with zero attached hydrogens (tertiary/aromatic N) is 1. The lowest BCUT2D eigenvalue weighted by molar-refractivity contribution is -0.385. The van der Waals surface area contributed by atoms with Gasteiger partial charge in [0.05, 0.1) is 11.0 Å². The van der Waals surface area contributed by atoms with Crippen molar-refractivity contribution in [3.8, 4) is 5.75 Å². The Morgan fingerprint density at radius 2 is 2.20 bits per heavy atom. The van der Waals surface area contributed by atoms with Gasteiger partial charge in [-0.05, 0) is 25.1 Å². The minimum Gasteiger partial charge on any atom is -0.489 e. The first-order chi connectivity index (χ1) is 9.36. The number of hydrogen-bond acceptors (Lipinski definition) is 4. The molecule has 5 nitrogen and oxygen atoms in total. The van der Waals surface area contributed by atoms with Crippen molar-refractivity contribution >= 4 is 5.69 Å². The van der Waals surface area contributed by atoms with Crippen LogP contribution in [0.15, 0.2) is 18.2 Å². The highest BCUT2D eigenvalue weighted by atomic mass is 16.6. The molecule has 2 rings (SSSR count). The van der Waals surface area contributed by atoms with Crippen molar-refractivity contribution in [2.45, 2.75) is 46.3 Å². The molecule has 1 N–H and O–H groups in total. The number of nitrogens with one attached hydrogen (secondary N) is 1. The number of aryl methyl sites for hydroxylation is 1. The Kier molecular flexibility index (Phi) is 3.99. The standard InChI is InChI=1S/C15H22N2O3/c1-5-16-13-9-14(15(13,3)4)20-12-8-11(17(18)19)7-6-10(12)2/h6-8,13-14,16H,5,9H2,1-4H3. The number of nitro groups is 1. The van der Waals surface area contributed by atoms with Crippen LogP contribution in [0.4, 0.5) is 5.69 Å². The molecular weight excluding hydrogens is 256 g/mol. The summed E-state index contributed by atoms with van der Waals surface area (Å²) in [6.45, 7) is 9.28. The van der Waals surface area contributed by atoms with Gasteiger partial charge in [0.2, 0.25) is 0 Å². The van der Waals surface area contributed by atoms with E-state index in [0.29, 0.717) is 11.8 Å². The van der Waals surface area contributed by atoms with Crippen LogP contribution in [0.1, 0.15) is 32.8 Å². The lowest BCUT2D eigenvalue weighted by atomic mass is 9.64. The van der Waals surface area contributed by atoms with E-state index in [-0.39, 0.29) is 22.1 Å². The molecule has 0 saturated heterocycles. The molecule has 0 amide bonds. The molecule has 1 aromatic rings. The van der Waals surface area contributed by atoms with Crippen molar-refractivity contribution in [3.05, 3.63) is 33.9 Å². The van der Waals surface area contributed by atoms with Gasteiger partial charge >= 0.3 is 0 Å². The third-order valence-corrected chi connectivity index (χ3v) is 4.28. The van der Waals surface area contributed by atoms with Crippen LogP contribution in [0.5, 0.6) is 5.75 Å². The molecule has 1 fully saturated rings. The molecule has 0 aromatic heterocycles. The predicted molar refractivity (Wildman–Crippen MR) is 78.1 cm³/mol. The Morgan fingerprint density at radius 3 is 2.75 bits per heavy atom. The normalized spacial score (nSPS) is 24.0. The maximum atomic E-state index is 10.8. The average Bonchev–Trinajstić information content (AvgIpc) is 2.39. The van der Waals surface area contributed by atoms with Crippen molar-refractivity contribution in [2.24, 2.45) is 5.41 Å². The number of hydrogen-bond donors (Lipinski definition) is 1. The maximum Gasteiger partial charge on any atom is 0.273 e. The van der Waals surface area contributed by atoms with E-state index in [1.54, 1.807) is 6.07 Å². The molecule has 1 aliphatic carbocycles. The SMILES string of the molecule is CCNC1CC(Oc2cc([N+](=O)[O-])ccc2C)C1(C)C. The summed E-state index contributed by atoms with van der Waals surface area (Å²) in [5.74, 6) is 0.618. The molecule has 2 atom stereocenters. The van der Waals surface area contributed by atoms with Crippen molar-refractivity contribution < 1.29 is 9.66 Å². The Balaban J connectivity index is 2.12. The van der Waals surface area contributed by atoms with Gasteiger partial charge in [0, 0.05) is 23.9 Å². The molecule has 0 spiro atoms. The van der Waals surface area contributed by atoms with Gasteiger partial charge in [-0.25, -0.2) is 0 Å². The summed E-state index contributed by atoms with van der Waals surface area (Å²) in [6.07, 6.45) is 1.02. The summed E-state index contributed by atoms with van der Waals surface area (Å²) in [5, 5.41) is 14.3. The van der Waals surface area contributed by atoms with Gasteiger partial charge in [0.1, 0.15) is 11.9 Å². The fourth-order valence-electron chi connectivity index (χ4n) is 2.66. The number of benzene rings is 1. The van der Waals surface area contributed by atoms with Crippen molar-refractivity contribution in [1.82, 2.24) is 5.32 Å². The summed E-state index contributed by atoms with van der Waals surface area (Å²) in [5.41, 5.74) is 1.04. The fraction of sp³-hybridized carbons (Fsp3) is 0.600. The zero-order valence-corrected chi connectivity index (χ0v) is 12.5. The van der Waals surface area contributed by atoms with E-state index >= 15 is 0 Å². The molecule has 1 aliphatic rings. The summed E-state index contributed by atoms with van der Waals surface area (Å²) in [6, 6.07) is 5.21. The number of non-ortho nitro benzene ring substituents is 1. The molecule has 0 heterocycles. The second-order valence-corrected chi connectivity index (χ2v) is 5.98. The highest BCUT2D eigenvalue weighted by Gasteiger charge is 2.49. The van der Waals surface area contributed by atoms with Crippen LogP contribution in [-0.4, -0.2) is 23.6 Å². The molecule has 1 saturated carbocycles. The zero-order chi connectivity index (χ0) is 14.9. The minimum atomic E-state index is -0.389. The largest absolute Gasteiger partial charge is 0.489 e. The smallest absolute Gasteiger partial charge is 0.273 e. The topological polar surface area (TPSA) is 64.4 Å². The summed E-state index contributed by atoms with van der Waals surface area (Å²) >= 11 is 0. The molecule has 2 unspecified atom stereocenters. The van der Waals surface area contributed by atoms with Gasteiger partial charge < -0.3 is 10.1 Å². The Morgan fingerprint density at radius 1 is 1.50 bits per heavy atom. The second-order valence-electron chi connectivity index (χ2n) is 5.98. The third-order valence-electron chi connectivity index (χ3n) is 4.28. The van der Waals surface area contributed by atoms with E-state index in [4.69, 9.17) is 4.74 Å². The maximum absolute atomic E-state index is 10.8. The number of nitro benzene ring substituents is 1. The molecule has 1 aromatic carbocycles. The highest BCUT2D eigenvalue weighted by Crippen LogP contribution is 2.43. The van der Waals surface area contributed by atoms with Crippen LogP contribution in [0.25, 0.3) is 0 Å². The molecular formula is C15H22N2O3. The van der Waals surface area contributed by atoms with Gasteiger partial charge in [-0.3, -0.25) is 10.1 Å². The summed E-state index contributed by atoms with van der Waals surface area (Å²) < 4.78 is 6.02. The highest BCUT2D eigenvalue weighted by molar-refractivity contribution is 5.44. The van der Waals surface area contributed by atoms with Gasteiger partial charge in [0.25, 0.3) is 5.69 Å². The number of rotatable bonds is 5. The molecule has 5 heteroatoms. The first-order valence-electron chi connectivity index (χ1n) is 7.01. The van der Waals surface area contributed by atoms with Crippen LogP contribution >= 0.6 is 0 Å². The molecule has 0 bridgehead atoms. The van der Waals surface area contributed by atoms with Crippen LogP contribution in [0.3, 0.4) is 0 Å². The zero-order valence-electron chi connectivity index (χ0n) is 12.5. The van der Waals surface area contributed by atoms with E-state index in [1.807, 2.05) is 6.92 Å². The first kappa shape index (κ1) is 14.8. The minimum absolute atomic E-state index is 0.0348. The summed E-state index contributed by atoms with van der Waals surface area (Å²) in [7, 11) is 0. The molecule has 0 aliphatic heterocycles. The van der Waals surface area contributed by atoms with Crippen LogP contribution < -0.4 is 10.1 Å². The van der Waals surface area contributed by atoms with Crippen molar-refractivity contribution in [1.29, 1.82) is 0 Å². The van der Waals surface area contributed by atoms with E-state index in [1.165, 1.54) is 12.1 Å². The van der Waals surface area contributed by atoms with Crippen molar-refractivity contribution in [3.63, 3.8) is 0 Å². The van der Waals surface area contributed by atoms with Gasteiger partial charge in [-0.15, -0.1) is 0 Å². The van der Waals surface area contributed by atoms with Gasteiger partial charge in [-0.1, -0.05) is 20.8 Å². The predicted octanol–water partition coefficient (Wildman–Crippen LogP) is 3.06. The van der Waals surface area contributed by atoms with Crippen LogP contribution in [-0.2, 0) is 0 Å². The second kappa shape index (κ2) is 5.40. The molecule has 20 heavy (non-hydrogen) atoms. The first-order valence-corrected chi connectivity index (χ1v) is 7.01. The van der Waals surface area contributed by atoms with Crippen molar-refractivity contribution in [2.75, 3.05) is 6.54 Å². The Labute approximate surface area is 119 Å². The third kappa shape index (κ3) is 2.63. The van der Waals surface area contributed by atoms with Gasteiger partial charge in [0.15, 0.2) is 0 Å².